The fourth-order valence-electron chi connectivity index (χ4n) is 3.48. The monoisotopic (exact) mass is 375 g/mol. The Labute approximate surface area is 156 Å². The van der Waals surface area contributed by atoms with Gasteiger partial charge in [0.25, 0.3) is 0 Å². The van der Waals surface area contributed by atoms with Crippen LogP contribution in [0.4, 0.5) is 5.69 Å². The maximum Gasteiger partial charge on any atom is 0.325 e. The van der Waals surface area contributed by atoms with Crippen molar-refractivity contribution in [3.8, 4) is 0 Å². The van der Waals surface area contributed by atoms with Crippen LogP contribution in [0.2, 0.25) is 0 Å². The standard InChI is InChI=1S/C19H21NO5S/c1-13-12-19(17(21)23-2,18(22)24-3)16(15-10-7-11-26-15)20(25-13)14-8-5-4-6-9-14/h4-11,13,16H,12H2,1-3H3/t13-,16+/m0/s1. The fraction of sp³-hybridized carbons (Fsp3) is 0.368. The Bertz CT molecular complexity index is 746. The van der Waals surface area contributed by atoms with Crippen LogP contribution in [0.3, 0.4) is 0 Å². The number of rotatable bonds is 4. The van der Waals surface area contributed by atoms with Crippen molar-refractivity contribution < 1.29 is 23.9 Å². The van der Waals surface area contributed by atoms with Crippen molar-refractivity contribution in [3.05, 3.63) is 52.7 Å². The summed E-state index contributed by atoms with van der Waals surface area (Å²) >= 11 is 1.45. The molecule has 0 radical (unpaired) electrons. The number of nitrogens with zero attached hydrogens (tertiary/aromatic N) is 1. The normalized spacial score (nSPS) is 21.9. The molecule has 7 heteroatoms. The molecule has 1 saturated heterocycles. The second kappa shape index (κ2) is 7.47. The van der Waals surface area contributed by atoms with Crippen molar-refractivity contribution in [1.82, 2.24) is 0 Å². The van der Waals surface area contributed by atoms with Crippen LogP contribution < -0.4 is 5.06 Å². The average Bonchev–Trinajstić information content (AvgIpc) is 3.20. The predicted molar refractivity (Wildman–Crippen MR) is 97.6 cm³/mol. The number of ether oxygens (including phenoxy) is 2. The third-order valence-electron chi connectivity index (χ3n) is 4.53. The molecule has 1 aromatic carbocycles. The van der Waals surface area contributed by atoms with Crippen molar-refractivity contribution in [2.45, 2.75) is 25.5 Å². The largest absolute Gasteiger partial charge is 0.468 e. The number of hydrogen-bond acceptors (Lipinski definition) is 7. The number of carbonyl (C=O) groups is 2. The van der Waals surface area contributed by atoms with Gasteiger partial charge in [-0.2, -0.15) is 0 Å². The molecule has 1 aliphatic heterocycles. The Hall–Kier alpha value is -2.38. The number of methoxy groups -OCH3 is 2. The van der Waals surface area contributed by atoms with E-state index in [2.05, 4.69) is 0 Å². The zero-order chi connectivity index (χ0) is 18.7. The van der Waals surface area contributed by atoms with Crippen LogP contribution in [-0.4, -0.2) is 32.3 Å². The minimum absolute atomic E-state index is 0.165. The maximum absolute atomic E-state index is 12.9. The molecule has 2 heterocycles. The number of hydrogen-bond donors (Lipinski definition) is 0. The minimum Gasteiger partial charge on any atom is -0.468 e. The highest BCUT2D eigenvalue weighted by Gasteiger charge is 2.61. The van der Waals surface area contributed by atoms with Crippen LogP contribution in [0.25, 0.3) is 0 Å². The topological polar surface area (TPSA) is 65.1 Å². The Morgan fingerprint density at radius 3 is 2.31 bits per heavy atom. The second-order valence-electron chi connectivity index (χ2n) is 6.15. The summed E-state index contributed by atoms with van der Waals surface area (Å²) in [5, 5.41) is 3.53. The van der Waals surface area contributed by atoms with Gasteiger partial charge in [-0.15, -0.1) is 11.3 Å². The van der Waals surface area contributed by atoms with E-state index < -0.39 is 23.4 Å². The number of thiophene rings is 1. The molecule has 2 atom stereocenters. The lowest BCUT2D eigenvalue weighted by molar-refractivity contribution is -0.185. The highest BCUT2D eigenvalue weighted by atomic mass is 32.1. The summed E-state index contributed by atoms with van der Waals surface area (Å²) in [4.78, 5) is 32.7. The molecule has 0 bridgehead atoms. The molecular weight excluding hydrogens is 354 g/mol. The van der Waals surface area contributed by atoms with E-state index in [4.69, 9.17) is 14.3 Å². The molecule has 1 fully saturated rings. The number of para-hydroxylation sites is 1. The molecule has 1 aliphatic rings. The summed E-state index contributed by atoms with van der Waals surface area (Å²) in [6.45, 7) is 1.82. The van der Waals surface area contributed by atoms with Gasteiger partial charge in [-0.05, 0) is 30.5 Å². The van der Waals surface area contributed by atoms with E-state index >= 15 is 0 Å². The first-order chi connectivity index (χ1) is 12.5. The lowest BCUT2D eigenvalue weighted by Crippen LogP contribution is -2.58. The quantitative estimate of drug-likeness (QED) is 0.603. The van der Waals surface area contributed by atoms with Gasteiger partial charge in [-0.3, -0.25) is 14.4 Å². The molecule has 0 saturated carbocycles. The molecule has 6 nitrogen and oxygen atoms in total. The lowest BCUT2D eigenvalue weighted by Gasteiger charge is -2.48. The van der Waals surface area contributed by atoms with Crippen molar-refractivity contribution in [3.63, 3.8) is 0 Å². The number of anilines is 1. The van der Waals surface area contributed by atoms with Crippen LogP contribution in [0.5, 0.6) is 0 Å². The molecule has 0 amide bonds. The van der Waals surface area contributed by atoms with Crippen LogP contribution in [-0.2, 0) is 23.9 Å². The highest BCUT2D eigenvalue weighted by molar-refractivity contribution is 7.10. The number of esters is 2. The van der Waals surface area contributed by atoms with Crippen molar-refractivity contribution in [2.75, 3.05) is 19.3 Å². The second-order valence-corrected chi connectivity index (χ2v) is 7.13. The van der Waals surface area contributed by atoms with Gasteiger partial charge in [0, 0.05) is 11.3 Å². The molecule has 0 spiro atoms. The molecule has 1 aromatic heterocycles. The first-order valence-electron chi connectivity index (χ1n) is 8.26. The molecule has 0 aliphatic carbocycles. The van der Waals surface area contributed by atoms with Gasteiger partial charge < -0.3 is 9.47 Å². The van der Waals surface area contributed by atoms with Crippen molar-refractivity contribution in [1.29, 1.82) is 0 Å². The van der Waals surface area contributed by atoms with Crippen LogP contribution in [0, 0.1) is 5.41 Å². The molecular formula is C19H21NO5S. The van der Waals surface area contributed by atoms with Gasteiger partial charge in [0.2, 0.25) is 0 Å². The van der Waals surface area contributed by atoms with E-state index in [1.54, 1.807) is 5.06 Å². The van der Waals surface area contributed by atoms with Crippen molar-refractivity contribution in [2.24, 2.45) is 5.41 Å². The first-order valence-corrected chi connectivity index (χ1v) is 9.14. The molecule has 0 unspecified atom stereocenters. The SMILES string of the molecule is COC(=O)C1(C(=O)OC)C[C@H](C)ON(c2ccccc2)[C@@H]1c1cccs1. The van der Waals surface area contributed by atoms with Gasteiger partial charge in [0.1, 0.15) is 6.04 Å². The summed E-state index contributed by atoms with van der Waals surface area (Å²) in [7, 11) is 2.57. The summed E-state index contributed by atoms with van der Waals surface area (Å²) in [6, 6.07) is 12.5. The van der Waals surface area contributed by atoms with Gasteiger partial charge in [0.15, 0.2) is 5.41 Å². The fourth-order valence-corrected chi connectivity index (χ4v) is 4.38. The van der Waals surface area contributed by atoms with Crippen LogP contribution >= 0.6 is 11.3 Å². The summed E-state index contributed by atoms with van der Waals surface area (Å²) in [5.74, 6) is -1.25. The van der Waals surface area contributed by atoms with E-state index in [-0.39, 0.29) is 12.5 Å². The molecule has 2 aromatic rings. The van der Waals surface area contributed by atoms with Gasteiger partial charge in [-0.25, -0.2) is 5.06 Å². The zero-order valence-electron chi connectivity index (χ0n) is 14.9. The van der Waals surface area contributed by atoms with E-state index in [0.717, 1.165) is 10.6 Å². The molecule has 26 heavy (non-hydrogen) atoms. The Morgan fingerprint density at radius 2 is 1.77 bits per heavy atom. The Balaban J connectivity index is 2.22. The molecule has 3 rings (SSSR count). The van der Waals surface area contributed by atoms with E-state index in [1.807, 2.05) is 54.8 Å². The molecule has 138 valence electrons. The predicted octanol–water partition coefficient (Wildman–Crippen LogP) is 3.35. The minimum atomic E-state index is -1.53. The Morgan fingerprint density at radius 1 is 1.12 bits per heavy atom. The highest BCUT2D eigenvalue weighted by Crippen LogP contribution is 2.51. The van der Waals surface area contributed by atoms with Crippen LogP contribution in [0.15, 0.2) is 47.8 Å². The summed E-state index contributed by atoms with van der Waals surface area (Å²) in [6.07, 6.45) is -0.220. The van der Waals surface area contributed by atoms with Gasteiger partial charge in [-0.1, -0.05) is 24.3 Å². The third kappa shape index (κ3) is 2.97. The number of carbonyl (C=O) groups excluding carboxylic acids is 2. The van der Waals surface area contributed by atoms with Crippen LogP contribution in [0.1, 0.15) is 24.3 Å². The van der Waals surface area contributed by atoms with E-state index in [0.29, 0.717) is 0 Å². The summed E-state index contributed by atoms with van der Waals surface area (Å²) < 4.78 is 10.1. The smallest absolute Gasteiger partial charge is 0.325 e. The van der Waals surface area contributed by atoms with Gasteiger partial charge in [0.05, 0.1) is 26.0 Å². The first kappa shape index (κ1) is 18.4. The zero-order valence-corrected chi connectivity index (χ0v) is 15.7. The average molecular weight is 375 g/mol. The van der Waals surface area contributed by atoms with E-state index in [9.17, 15) is 9.59 Å². The van der Waals surface area contributed by atoms with E-state index in [1.165, 1.54) is 25.6 Å². The lowest BCUT2D eigenvalue weighted by atomic mass is 9.73. The van der Waals surface area contributed by atoms with Gasteiger partial charge >= 0.3 is 11.9 Å². The molecule has 0 N–H and O–H groups in total. The third-order valence-corrected chi connectivity index (χ3v) is 5.45. The number of benzene rings is 1. The summed E-state index contributed by atoms with van der Waals surface area (Å²) in [5.41, 5.74) is -0.781. The van der Waals surface area contributed by atoms with Crippen molar-refractivity contribution >= 4 is 29.0 Å². The maximum atomic E-state index is 12.9. The number of hydroxylamine groups is 1. The Kier molecular flexibility index (Phi) is 5.29.